The fourth-order valence-electron chi connectivity index (χ4n) is 3.16. The third-order valence-electron chi connectivity index (χ3n) is 4.53. The van der Waals surface area contributed by atoms with E-state index in [1.54, 1.807) is 23.1 Å². The number of carbonyl (C=O) groups excluding carboxylic acids is 3. The Morgan fingerprint density at radius 3 is 2.64 bits per heavy atom. The highest BCUT2D eigenvalue weighted by Crippen LogP contribution is 2.22. The van der Waals surface area contributed by atoms with Crippen molar-refractivity contribution in [3.63, 3.8) is 0 Å². The Morgan fingerprint density at radius 1 is 1.11 bits per heavy atom. The van der Waals surface area contributed by atoms with Gasteiger partial charge >= 0.3 is 0 Å². The second-order valence-corrected chi connectivity index (χ2v) is 6.67. The maximum Gasteiger partial charge on any atom is 0.247 e. The van der Waals surface area contributed by atoms with Gasteiger partial charge in [-0.25, -0.2) is 0 Å². The van der Waals surface area contributed by atoms with Crippen LogP contribution in [-0.2, 0) is 27.3 Å². The number of amides is 3. The van der Waals surface area contributed by atoms with E-state index in [1.165, 1.54) is 6.08 Å². The first-order valence-corrected chi connectivity index (χ1v) is 9.23. The fourth-order valence-corrected chi connectivity index (χ4v) is 3.16. The third kappa shape index (κ3) is 5.07. The highest BCUT2D eigenvalue weighted by Gasteiger charge is 2.21. The van der Waals surface area contributed by atoms with Gasteiger partial charge in [-0.3, -0.25) is 14.4 Å². The Balaban J connectivity index is 1.56. The van der Waals surface area contributed by atoms with E-state index in [0.717, 1.165) is 29.8 Å². The van der Waals surface area contributed by atoms with Gasteiger partial charge in [0.1, 0.15) is 0 Å². The zero-order chi connectivity index (χ0) is 19.9. The first-order chi connectivity index (χ1) is 13.5. The summed E-state index contributed by atoms with van der Waals surface area (Å²) in [5.41, 5.74) is 3.24. The van der Waals surface area contributed by atoms with E-state index in [2.05, 4.69) is 17.2 Å². The maximum absolute atomic E-state index is 12.3. The summed E-state index contributed by atoms with van der Waals surface area (Å²) >= 11 is 0. The predicted octanol–water partition coefficient (Wildman–Crippen LogP) is 2.80. The lowest BCUT2D eigenvalue weighted by atomic mass is 10.1. The molecule has 3 amide bonds. The molecule has 2 aromatic rings. The van der Waals surface area contributed by atoms with Gasteiger partial charge in [0, 0.05) is 30.9 Å². The molecule has 0 bridgehead atoms. The Bertz CT molecular complexity index is 907. The van der Waals surface area contributed by atoms with Crippen LogP contribution < -0.4 is 15.5 Å². The van der Waals surface area contributed by atoms with Crippen LogP contribution in [0.5, 0.6) is 0 Å². The van der Waals surface area contributed by atoms with Gasteiger partial charge in [-0.05, 0) is 47.9 Å². The van der Waals surface area contributed by atoms with Gasteiger partial charge in [0.25, 0.3) is 0 Å². The molecule has 144 valence electrons. The lowest BCUT2D eigenvalue weighted by molar-refractivity contribution is -0.120. The second-order valence-electron chi connectivity index (χ2n) is 6.67. The van der Waals surface area contributed by atoms with Crippen LogP contribution in [0.3, 0.4) is 0 Å². The van der Waals surface area contributed by atoms with Crippen LogP contribution in [0.1, 0.15) is 24.0 Å². The Morgan fingerprint density at radius 2 is 1.89 bits per heavy atom. The molecular weight excluding hydrogens is 354 g/mol. The van der Waals surface area contributed by atoms with Gasteiger partial charge in [-0.15, -0.1) is 0 Å². The van der Waals surface area contributed by atoms with E-state index in [0.29, 0.717) is 18.7 Å². The number of nitrogens with zero attached hydrogens (tertiary/aromatic N) is 1. The van der Waals surface area contributed by atoms with Crippen LogP contribution in [0.4, 0.5) is 11.4 Å². The zero-order valence-electron chi connectivity index (χ0n) is 15.6. The number of hydrogen-bond donors (Lipinski definition) is 2. The second kappa shape index (κ2) is 8.99. The van der Waals surface area contributed by atoms with Crippen molar-refractivity contribution in [1.29, 1.82) is 0 Å². The average Bonchev–Trinajstić information content (AvgIpc) is 3.13. The Kier molecular flexibility index (Phi) is 6.22. The molecule has 6 nitrogen and oxygen atoms in total. The summed E-state index contributed by atoms with van der Waals surface area (Å²) < 4.78 is 0. The highest BCUT2D eigenvalue weighted by molar-refractivity contribution is 5.99. The highest BCUT2D eigenvalue weighted by atomic mass is 16.2. The summed E-state index contributed by atoms with van der Waals surface area (Å²) in [5.74, 6) is -0.266. The minimum atomic E-state index is -0.294. The molecule has 0 aromatic heterocycles. The van der Waals surface area contributed by atoms with Crippen molar-refractivity contribution >= 4 is 29.1 Å². The van der Waals surface area contributed by atoms with Crippen molar-refractivity contribution in [3.8, 4) is 0 Å². The van der Waals surface area contributed by atoms with Crippen LogP contribution in [0.25, 0.3) is 0 Å². The van der Waals surface area contributed by atoms with E-state index < -0.39 is 0 Å². The number of carbonyl (C=O) groups is 3. The first-order valence-electron chi connectivity index (χ1n) is 9.23. The predicted molar refractivity (Wildman–Crippen MR) is 109 cm³/mol. The molecule has 0 atom stereocenters. The van der Waals surface area contributed by atoms with E-state index in [1.807, 2.05) is 30.3 Å². The molecule has 0 saturated carbocycles. The van der Waals surface area contributed by atoms with E-state index >= 15 is 0 Å². The molecule has 28 heavy (non-hydrogen) atoms. The molecule has 1 fully saturated rings. The van der Waals surface area contributed by atoms with Gasteiger partial charge in [0.2, 0.25) is 17.7 Å². The van der Waals surface area contributed by atoms with Crippen molar-refractivity contribution in [2.24, 2.45) is 0 Å². The number of hydrogen-bond acceptors (Lipinski definition) is 3. The molecule has 1 saturated heterocycles. The molecule has 1 heterocycles. The molecule has 2 N–H and O–H groups in total. The van der Waals surface area contributed by atoms with Crippen LogP contribution in [0.15, 0.2) is 61.2 Å². The number of rotatable bonds is 7. The molecule has 6 heteroatoms. The smallest absolute Gasteiger partial charge is 0.247 e. The molecule has 0 spiro atoms. The molecule has 0 unspecified atom stereocenters. The van der Waals surface area contributed by atoms with Gasteiger partial charge in [0.05, 0.1) is 6.42 Å². The Hall–Kier alpha value is -3.41. The average molecular weight is 377 g/mol. The summed E-state index contributed by atoms with van der Waals surface area (Å²) in [7, 11) is 0. The van der Waals surface area contributed by atoms with Crippen molar-refractivity contribution in [1.82, 2.24) is 5.32 Å². The molecule has 3 rings (SSSR count). The van der Waals surface area contributed by atoms with Gasteiger partial charge in [-0.1, -0.05) is 30.8 Å². The van der Waals surface area contributed by atoms with Gasteiger partial charge in [-0.2, -0.15) is 0 Å². The SMILES string of the molecule is C=CC(=O)Nc1cccc(CC(=O)NCc2cccc(N3CCCC3=O)c2)c1. The number of nitrogens with one attached hydrogen (secondary N) is 2. The summed E-state index contributed by atoms with van der Waals surface area (Å²) in [6.45, 7) is 4.55. The topological polar surface area (TPSA) is 78.5 Å². The maximum atomic E-state index is 12.3. The van der Waals surface area contributed by atoms with Crippen molar-refractivity contribution in [3.05, 3.63) is 72.3 Å². The zero-order valence-corrected chi connectivity index (χ0v) is 15.6. The fraction of sp³-hybridized carbons (Fsp3) is 0.227. The number of anilines is 2. The van der Waals surface area contributed by atoms with Gasteiger partial charge in [0.15, 0.2) is 0 Å². The molecule has 0 aliphatic carbocycles. The minimum Gasteiger partial charge on any atom is -0.352 e. The molecule has 0 radical (unpaired) electrons. The quantitative estimate of drug-likeness (QED) is 0.729. The van der Waals surface area contributed by atoms with Crippen LogP contribution >= 0.6 is 0 Å². The largest absolute Gasteiger partial charge is 0.352 e. The van der Waals surface area contributed by atoms with E-state index in [9.17, 15) is 14.4 Å². The summed E-state index contributed by atoms with van der Waals surface area (Å²) in [6, 6.07) is 14.8. The van der Waals surface area contributed by atoms with Crippen LogP contribution in [-0.4, -0.2) is 24.3 Å². The monoisotopic (exact) mass is 377 g/mol. The minimum absolute atomic E-state index is 0.116. The van der Waals surface area contributed by atoms with E-state index in [-0.39, 0.29) is 24.1 Å². The van der Waals surface area contributed by atoms with E-state index in [4.69, 9.17) is 0 Å². The first kappa shape index (κ1) is 19.4. The van der Waals surface area contributed by atoms with Crippen LogP contribution in [0.2, 0.25) is 0 Å². The number of benzene rings is 2. The van der Waals surface area contributed by atoms with Gasteiger partial charge < -0.3 is 15.5 Å². The summed E-state index contributed by atoms with van der Waals surface area (Å²) in [6.07, 6.45) is 2.88. The standard InChI is InChI=1S/C22H23N3O3/c1-2-20(26)24-18-8-3-6-16(12-18)14-21(27)23-15-17-7-4-9-19(13-17)25-11-5-10-22(25)28/h2-4,6-9,12-13H,1,5,10-11,14-15H2,(H,23,27)(H,24,26). The lowest BCUT2D eigenvalue weighted by Crippen LogP contribution is -2.26. The molecule has 1 aliphatic heterocycles. The lowest BCUT2D eigenvalue weighted by Gasteiger charge is -2.16. The van der Waals surface area contributed by atoms with Crippen molar-refractivity contribution < 1.29 is 14.4 Å². The van der Waals surface area contributed by atoms with Crippen molar-refractivity contribution in [2.45, 2.75) is 25.8 Å². The third-order valence-corrected chi connectivity index (χ3v) is 4.53. The molecular formula is C22H23N3O3. The van der Waals surface area contributed by atoms with Crippen molar-refractivity contribution in [2.75, 3.05) is 16.8 Å². The normalized spacial score (nSPS) is 13.3. The van der Waals surface area contributed by atoms with Crippen LogP contribution in [0, 0.1) is 0 Å². The molecule has 2 aromatic carbocycles. The Labute approximate surface area is 164 Å². The molecule has 1 aliphatic rings. The summed E-state index contributed by atoms with van der Waals surface area (Å²) in [4.78, 5) is 37.4. The summed E-state index contributed by atoms with van der Waals surface area (Å²) in [5, 5.41) is 5.58.